The number of aromatic hydroxyl groups is 1. The second-order valence-electron chi connectivity index (χ2n) is 3.39. The fraction of sp³-hybridized carbons (Fsp3) is 0.273. The summed E-state index contributed by atoms with van der Waals surface area (Å²) in [5.41, 5.74) is 3.70. The molecule has 0 spiro atoms. The lowest BCUT2D eigenvalue weighted by atomic mass is 10.0. The van der Waals surface area contributed by atoms with Gasteiger partial charge in [0.15, 0.2) is 0 Å². The minimum atomic E-state index is 0.381. The normalized spacial score (nSPS) is 11.0. The first-order valence-corrected chi connectivity index (χ1v) is 4.29. The van der Waals surface area contributed by atoms with Crippen LogP contribution >= 0.6 is 0 Å². The topological polar surface area (TPSA) is 33.4 Å². The maximum Gasteiger partial charge on any atom is 0.137 e. The van der Waals surface area contributed by atoms with E-state index in [1.807, 2.05) is 26.8 Å². The van der Waals surface area contributed by atoms with Gasteiger partial charge in [0.2, 0.25) is 0 Å². The van der Waals surface area contributed by atoms with E-state index >= 15 is 0 Å². The van der Waals surface area contributed by atoms with Crippen LogP contribution in [0.5, 0.6) is 5.75 Å². The fourth-order valence-electron chi connectivity index (χ4n) is 1.65. The van der Waals surface area contributed by atoms with E-state index in [2.05, 4.69) is 0 Å². The zero-order valence-corrected chi connectivity index (χ0v) is 8.01. The number of phenolic OH excluding ortho intramolecular Hbond substituents is 1. The molecule has 0 aliphatic rings. The lowest BCUT2D eigenvalue weighted by Crippen LogP contribution is -1.86. The molecule has 1 aromatic heterocycles. The molecule has 0 aliphatic carbocycles. The van der Waals surface area contributed by atoms with Crippen LogP contribution in [-0.2, 0) is 0 Å². The summed E-state index contributed by atoms with van der Waals surface area (Å²) in [6.07, 6.45) is 1.66. The summed E-state index contributed by atoms with van der Waals surface area (Å²) in [5, 5.41) is 10.8. The van der Waals surface area contributed by atoms with Crippen molar-refractivity contribution < 1.29 is 9.52 Å². The maximum atomic E-state index is 9.76. The molecule has 0 bridgehead atoms. The van der Waals surface area contributed by atoms with Gasteiger partial charge in [0, 0.05) is 10.9 Å². The molecule has 0 radical (unpaired) electrons. The lowest BCUT2D eigenvalue weighted by molar-refractivity contribution is 0.467. The van der Waals surface area contributed by atoms with Crippen molar-refractivity contribution in [3.8, 4) is 5.75 Å². The van der Waals surface area contributed by atoms with Gasteiger partial charge in [0.1, 0.15) is 11.3 Å². The van der Waals surface area contributed by atoms with Crippen LogP contribution in [0.3, 0.4) is 0 Å². The molecule has 0 saturated heterocycles. The van der Waals surface area contributed by atoms with Crippen LogP contribution < -0.4 is 0 Å². The van der Waals surface area contributed by atoms with Crippen LogP contribution in [-0.4, -0.2) is 5.11 Å². The fourth-order valence-corrected chi connectivity index (χ4v) is 1.65. The summed E-state index contributed by atoms with van der Waals surface area (Å²) in [4.78, 5) is 0. The average Bonchev–Trinajstić information content (AvgIpc) is 2.59. The van der Waals surface area contributed by atoms with Gasteiger partial charge < -0.3 is 9.52 Å². The summed E-state index contributed by atoms with van der Waals surface area (Å²) < 4.78 is 5.35. The van der Waals surface area contributed by atoms with E-state index in [-0.39, 0.29) is 0 Å². The first kappa shape index (κ1) is 8.17. The molecule has 0 fully saturated rings. The van der Waals surface area contributed by atoms with Crippen molar-refractivity contribution in [3.05, 3.63) is 29.0 Å². The number of aryl methyl sites for hydroxylation is 2. The third-order valence-corrected chi connectivity index (χ3v) is 2.68. The van der Waals surface area contributed by atoms with Gasteiger partial charge >= 0.3 is 0 Å². The Balaban J connectivity index is 3.02. The Labute approximate surface area is 76.8 Å². The van der Waals surface area contributed by atoms with Crippen molar-refractivity contribution in [3.63, 3.8) is 0 Å². The minimum absolute atomic E-state index is 0.381. The van der Waals surface area contributed by atoms with Crippen LogP contribution in [0.15, 0.2) is 16.7 Å². The zero-order valence-electron chi connectivity index (χ0n) is 8.01. The van der Waals surface area contributed by atoms with Gasteiger partial charge in [-0.25, -0.2) is 0 Å². The number of rotatable bonds is 0. The summed E-state index contributed by atoms with van der Waals surface area (Å²) in [6, 6.07) is 1.89. The number of phenols is 1. The Kier molecular flexibility index (Phi) is 1.59. The molecule has 1 aromatic carbocycles. The van der Waals surface area contributed by atoms with E-state index in [9.17, 15) is 5.11 Å². The predicted octanol–water partition coefficient (Wildman–Crippen LogP) is 3.06. The minimum Gasteiger partial charge on any atom is -0.507 e. The van der Waals surface area contributed by atoms with E-state index < -0.39 is 0 Å². The van der Waals surface area contributed by atoms with Gasteiger partial charge in [-0.1, -0.05) is 0 Å². The number of hydrogen-bond acceptors (Lipinski definition) is 2. The molecule has 0 atom stereocenters. The number of furan rings is 1. The number of benzene rings is 1. The molecular weight excluding hydrogens is 164 g/mol. The molecular formula is C11H12O2. The quantitative estimate of drug-likeness (QED) is 0.669. The molecule has 0 amide bonds. The molecule has 2 rings (SSSR count). The predicted molar refractivity (Wildman–Crippen MR) is 52.1 cm³/mol. The largest absolute Gasteiger partial charge is 0.507 e. The van der Waals surface area contributed by atoms with Gasteiger partial charge in [0.25, 0.3) is 0 Å². The van der Waals surface area contributed by atoms with Crippen LogP contribution in [0, 0.1) is 20.8 Å². The highest BCUT2D eigenvalue weighted by Gasteiger charge is 2.12. The maximum absolute atomic E-state index is 9.76. The Morgan fingerprint density at radius 2 is 1.77 bits per heavy atom. The molecule has 13 heavy (non-hydrogen) atoms. The van der Waals surface area contributed by atoms with E-state index in [0.717, 1.165) is 27.7 Å². The second kappa shape index (κ2) is 2.52. The van der Waals surface area contributed by atoms with E-state index in [4.69, 9.17) is 4.42 Å². The standard InChI is InChI=1S/C11H12O2/c1-6-7(2)11-9(4-5-13-11)8(3)10(6)12/h4-5,12H,1-3H3. The van der Waals surface area contributed by atoms with Crippen molar-refractivity contribution in [1.82, 2.24) is 0 Å². The molecule has 2 nitrogen and oxygen atoms in total. The van der Waals surface area contributed by atoms with E-state index in [0.29, 0.717) is 5.75 Å². The Morgan fingerprint density at radius 1 is 1.08 bits per heavy atom. The third-order valence-electron chi connectivity index (χ3n) is 2.68. The molecule has 0 aliphatic heterocycles. The first-order chi connectivity index (χ1) is 6.13. The molecule has 1 heterocycles. The van der Waals surface area contributed by atoms with Crippen molar-refractivity contribution in [1.29, 1.82) is 0 Å². The van der Waals surface area contributed by atoms with Crippen molar-refractivity contribution in [2.75, 3.05) is 0 Å². The van der Waals surface area contributed by atoms with E-state index in [1.165, 1.54) is 0 Å². The van der Waals surface area contributed by atoms with Gasteiger partial charge in [-0.05, 0) is 38.0 Å². The SMILES string of the molecule is Cc1c(O)c(C)c2ccoc2c1C. The van der Waals surface area contributed by atoms with Gasteiger partial charge in [-0.3, -0.25) is 0 Å². The number of hydrogen-bond donors (Lipinski definition) is 1. The molecule has 2 aromatic rings. The zero-order chi connectivity index (χ0) is 9.59. The van der Waals surface area contributed by atoms with Crippen molar-refractivity contribution in [2.45, 2.75) is 20.8 Å². The van der Waals surface area contributed by atoms with Crippen molar-refractivity contribution in [2.24, 2.45) is 0 Å². The monoisotopic (exact) mass is 176 g/mol. The Hall–Kier alpha value is -1.44. The number of fused-ring (bicyclic) bond motifs is 1. The van der Waals surface area contributed by atoms with Gasteiger partial charge in [-0.2, -0.15) is 0 Å². The summed E-state index contributed by atoms with van der Waals surface area (Å²) in [7, 11) is 0. The first-order valence-electron chi connectivity index (χ1n) is 4.29. The molecule has 68 valence electrons. The Bertz CT molecular complexity index is 424. The Morgan fingerprint density at radius 3 is 2.46 bits per heavy atom. The van der Waals surface area contributed by atoms with Crippen LogP contribution in [0.25, 0.3) is 11.0 Å². The van der Waals surface area contributed by atoms with Crippen LogP contribution in [0.4, 0.5) is 0 Å². The molecule has 1 N–H and O–H groups in total. The second-order valence-corrected chi connectivity index (χ2v) is 3.39. The summed E-state index contributed by atoms with van der Waals surface area (Å²) in [6.45, 7) is 5.76. The molecule has 2 heteroatoms. The molecule has 0 unspecified atom stereocenters. The highest BCUT2D eigenvalue weighted by Crippen LogP contribution is 2.34. The smallest absolute Gasteiger partial charge is 0.137 e. The van der Waals surface area contributed by atoms with Crippen LogP contribution in [0.1, 0.15) is 16.7 Å². The average molecular weight is 176 g/mol. The third kappa shape index (κ3) is 0.949. The van der Waals surface area contributed by atoms with Gasteiger partial charge in [0.05, 0.1) is 6.26 Å². The highest BCUT2D eigenvalue weighted by molar-refractivity contribution is 5.87. The van der Waals surface area contributed by atoms with Gasteiger partial charge in [-0.15, -0.1) is 0 Å². The summed E-state index contributed by atoms with van der Waals surface area (Å²) >= 11 is 0. The van der Waals surface area contributed by atoms with Crippen molar-refractivity contribution >= 4 is 11.0 Å². The lowest BCUT2D eigenvalue weighted by Gasteiger charge is -2.07. The summed E-state index contributed by atoms with van der Waals surface area (Å²) in [5.74, 6) is 0.381. The molecule has 0 saturated carbocycles. The van der Waals surface area contributed by atoms with Crippen LogP contribution in [0.2, 0.25) is 0 Å². The highest BCUT2D eigenvalue weighted by atomic mass is 16.3. The van der Waals surface area contributed by atoms with E-state index in [1.54, 1.807) is 6.26 Å².